The third-order valence-electron chi connectivity index (χ3n) is 0.613. The maximum Gasteiger partial charge on any atom is 0.252 e. The van der Waals surface area contributed by atoms with Gasteiger partial charge in [0.1, 0.15) is 5.03 Å². The fourth-order valence-corrected chi connectivity index (χ4v) is 0.493. The minimum absolute atomic E-state index is 0.294. The van der Waals surface area contributed by atoms with E-state index in [0.717, 1.165) is 0 Å². The maximum absolute atomic E-state index is 10.1. The van der Waals surface area contributed by atoms with Crippen molar-refractivity contribution in [1.82, 2.24) is 0 Å². The highest BCUT2D eigenvalue weighted by Crippen LogP contribution is 1.87. The molecule has 0 spiro atoms. The van der Waals surface area contributed by atoms with Crippen LogP contribution in [0.2, 0.25) is 0 Å². The molecule has 0 aromatic heterocycles. The van der Waals surface area contributed by atoms with Crippen LogP contribution in [0.15, 0.2) is 11.1 Å². The number of hydrogen-bond donors (Lipinski definition) is 2. The maximum atomic E-state index is 10.1. The molecule has 4 N–H and O–H groups in total. The fraction of sp³-hybridized carbons (Fsp3) is 0.333. The molecule has 0 heterocycles. The van der Waals surface area contributed by atoms with Gasteiger partial charge in [0.05, 0.1) is 0 Å². The van der Waals surface area contributed by atoms with Gasteiger partial charge in [0.2, 0.25) is 0 Å². The molecule has 0 unspecified atom stereocenters. The number of hydrogen-bond acceptors (Lipinski definition) is 3. The van der Waals surface area contributed by atoms with E-state index in [4.69, 9.17) is 5.73 Å². The summed E-state index contributed by atoms with van der Waals surface area (Å²) in [5.41, 5.74) is 4.90. The summed E-state index contributed by atoms with van der Waals surface area (Å²) >= 11 is 0. The molecule has 0 aliphatic heterocycles. The van der Waals surface area contributed by atoms with Crippen LogP contribution in [0.1, 0.15) is 6.92 Å². The average molecular weight is 136 g/mol. The first-order valence-electron chi connectivity index (χ1n) is 1.93. The van der Waals surface area contributed by atoms with E-state index in [1.54, 1.807) is 0 Å². The number of primary sulfonamides is 1. The summed E-state index contributed by atoms with van der Waals surface area (Å²) in [5.74, 6) is 0. The molecule has 0 aromatic carbocycles. The number of rotatable bonds is 1. The van der Waals surface area contributed by atoms with Crippen molar-refractivity contribution in [1.29, 1.82) is 0 Å². The summed E-state index contributed by atoms with van der Waals surface area (Å²) in [6.07, 6.45) is 1.23. The Balaban J connectivity index is 4.55. The van der Waals surface area contributed by atoms with E-state index in [9.17, 15) is 8.42 Å². The largest absolute Gasteiger partial charge is 0.389 e. The molecule has 0 saturated carbocycles. The molecule has 0 saturated heterocycles. The average Bonchev–Trinajstić information content (AvgIpc) is 1.62. The normalized spacial score (nSPS) is 14.0. The predicted octanol–water partition coefficient (Wildman–Crippen LogP) is -0.905. The lowest BCUT2D eigenvalue weighted by Crippen LogP contribution is -2.19. The van der Waals surface area contributed by atoms with Crippen LogP contribution in [-0.4, -0.2) is 8.42 Å². The van der Waals surface area contributed by atoms with Crippen LogP contribution >= 0.6 is 0 Å². The predicted molar refractivity (Wildman–Crippen MR) is 31.1 cm³/mol. The Kier molecular flexibility index (Phi) is 2.00. The van der Waals surface area contributed by atoms with Crippen molar-refractivity contribution in [2.24, 2.45) is 10.9 Å². The lowest BCUT2D eigenvalue weighted by molar-refractivity contribution is 0.603. The summed E-state index contributed by atoms with van der Waals surface area (Å²) in [6, 6.07) is 0. The van der Waals surface area contributed by atoms with Gasteiger partial charge < -0.3 is 5.73 Å². The molecule has 5 heteroatoms. The van der Waals surface area contributed by atoms with Crippen LogP contribution in [0.3, 0.4) is 0 Å². The quantitative estimate of drug-likeness (QED) is 0.489. The topological polar surface area (TPSA) is 86.2 Å². The van der Waals surface area contributed by atoms with Gasteiger partial charge in [-0.25, -0.2) is 13.6 Å². The minimum Gasteiger partial charge on any atom is -0.389 e. The van der Waals surface area contributed by atoms with Gasteiger partial charge in [0.15, 0.2) is 0 Å². The van der Waals surface area contributed by atoms with Gasteiger partial charge in [-0.1, -0.05) is 6.08 Å². The van der Waals surface area contributed by atoms with Crippen molar-refractivity contribution < 1.29 is 8.42 Å². The molecule has 0 aliphatic carbocycles. The van der Waals surface area contributed by atoms with E-state index in [2.05, 4.69) is 5.14 Å². The zero-order valence-electron chi connectivity index (χ0n) is 4.46. The number of allylic oxidation sites excluding steroid dienone is 1. The lowest BCUT2D eigenvalue weighted by atomic mass is 10.7. The highest BCUT2D eigenvalue weighted by Gasteiger charge is 2.02. The van der Waals surface area contributed by atoms with E-state index in [1.807, 2.05) is 0 Å². The standard InChI is InChI=1S/C3H8N2O2S/c1-2-3(4)8(5,6)7/h2H,4H2,1H3,(H2,5,6,7)/b3-2+. The Morgan fingerprint density at radius 1 is 1.62 bits per heavy atom. The van der Waals surface area contributed by atoms with Crippen molar-refractivity contribution in [2.75, 3.05) is 0 Å². The second kappa shape index (κ2) is 2.15. The van der Waals surface area contributed by atoms with E-state index >= 15 is 0 Å². The monoisotopic (exact) mass is 136 g/mol. The van der Waals surface area contributed by atoms with Gasteiger partial charge >= 0.3 is 0 Å². The smallest absolute Gasteiger partial charge is 0.252 e. The molecule has 48 valence electrons. The Morgan fingerprint density at radius 3 is 2.00 bits per heavy atom. The fourth-order valence-electron chi connectivity index (χ4n) is 0.164. The molecule has 8 heavy (non-hydrogen) atoms. The van der Waals surface area contributed by atoms with Crippen LogP contribution in [0.4, 0.5) is 0 Å². The molecule has 4 nitrogen and oxygen atoms in total. The zero-order valence-corrected chi connectivity index (χ0v) is 5.27. The van der Waals surface area contributed by atoms with Gasteiger partial charge in [0, 0.05) is 0 Å². The third-order valence-corrected chi connectivity index (χ3v) is 1.51. The Hall–Kier alpha value is -0.550. The number of nitrogens with two attached hydrogens (primary N) is 2. The first kappa shape index (κ1) is 7.45. The summed E-state index contributed by atoms with van der Waals surface area (Å²) in [4.78, 5) is 0. The Morgan fingerprint density at radius 2 is 2.00 bits per heavy atom. The summed E-state index contributed by atoms with van der Waals surface area (Å²) in [6.45, 7) is 1.50. The van der Waals surface area contributed by atoms with Crippen molar-refractivity contribution in [3.63, 3.8) is 0 Å². The second-order valence-corrected chi connectivity index (χ2v) is 2.80. The SMILES string of the molecule is C/C=C(\N)S(N)(=O)=O. The van der Waals surface area contributed by atoms with Crippen molar-refractivity contribution in [3.05, 3.63) is 11.1 Å². The van der Waals surface area contributed by atoms with Gasteiger partial charge in [-0.3, -0.25) is 0 Å². The highest BCUT2D eigenvalue weighted by atomic mass is 32.2. The Bertz CT molecular complexity index is 191. The van der Waals surface area contributed by atoms with Gasteiger partial charge in [-0.15, -0.1) is 0 Å². The van der Waals surface area contributed by atoms with Crippen LogP contribution in [0.5, 0.6) is 0 Å². The third kappa shape index (κ3) is 1.94. The molecule has 0 bridgehead atoms. The van der Waals surface area contributed by atoms with Crippen molar-refractivity contribution in [3.8, 4) is 0 Å². The van der Waals surface area contributed by atoms with Gasteiger partial charge in [-0.05, 0) is 6.92 Å². The molecule has 0 aromatic rings. The Labute approximate surface area is 48.2 Å². The van der Waals surface area contributed by atoms with E-state index in [0.29, 0.717) is 0 Å². The van der Waals surface area contributed by atoms with Crippen LogP contribution in [0.25, 0.3) is 0 Å². The molecule has 0 rings (SSSR count). The highest BCUT2D eigenvalue weighted by molar-refractivity contribution is 7.92. The summed E-state index contributed by atoms with van der Waals surface area (Å²) in [5, 5.41) is 4.27. The van der Waals surface area contributed by atoms with Gasteiger partial charge in [-0.2, -0.15) is 0 Å². The van der Waals surface area contributed by atoms with E-state index in [-0.39, 0.29) is 5.03 Å². The lowest BCUT2D eigenvalue weighted by Gasteiger charge is -1.91. The number of sulfonamides is 1. The van der Waals surface area contributed by atoms with Crippen LogP contribution in [-0.2, 0) is 10.0 Å². The van der Waals surface area contributed by atoms with Gasteiger partial charge in [0.25, 0.3) is 10.0 Å². The van der Waals surface area contributed by atoms with Crippen LogP contribution < -0.4 is 10.9 Å². The molecule has 0 amide bonds. The molecular weight excluding hydrogens is 128 g/mol. The molecule has 0 fully saturated rings. The second-order valence-electron chi connectivity index (χ2n) is 1.24. The van der Waals surface area contributed by atoms with Crippen molar-refractivity contribution in [2.45, 2.75) is 6.92 Å². The van der Waals surface area contributed by atoms with E-state index in [1.165, 1.54) is 13.0 Å². The van der Waals surface area contributed by atoms with Crippen molar-refractivity contribution >= 4 is 10.0 Å². The minimum atomic E-state index is -3.61. The van der Waals surface area contributed by atoms with Crippen LogP contribution in [0, 0.1) is 0 Å². The molecule has 0 radical (unpaired) electrons. The first-order chi connectivity index (χ1) is 3.48. The molecular formula is C3H8N2O2S. The van der Waals surface area contributed by atoms with E-state index < -0.39 is 10.0 Å². The zero-order chi connectivity index (χ0) is 6.78. The first-order valence-corrected chi connectivity index (χ1v) is 3.47. The molecule has 0 aliphatic rings. The molecule has 0 atom stereocenters. The summed E-state index contributed by atoms with van der Waals surface area (Å²) in [7, 11) is -3.61. The summed E-state index contributed by atoms with van der Waals surface area (Å²) < 4.78 is 20.3.